The Bertz CT molecular complexity index is 447. The Balaban J connectivity index is 2.10. The zero-order chi connectivity index (χ0) is 13.1. The quantitative estimate of drug-likeness (QED) is 0.794. The van der Waals surface area contributed by atoms with Crippen molar-refractivity contribution in [2.75, 3.05) is 5.33 Å². The van der Waals surface area contributed by atoms with Crippen molar-refractivity contribution in [3.8, 4) is 0 Å². The highest BCUT2D eigenvalue weighted by molar-refractivity contribution is 9.10. The van der Waals surface area contributed by atoms with Crippen LogP contribution in [0.3, 0.4) is 0 Å². The molecule has 2 unspecified atom stereocenters. The number of carbonyl (C=O) groups excluding carboxylic acids is 1. The van der Waals surface area contributed by atoms with Gasteiger partial charge in [-0.2, -0.15) is 0 Å². The Morgan fingerprint density at radius 3 is 2.94 bits per heavy atom. The molecule has 1 aromatic carbocycles. The summed E-state index contributed by atoms with van der Waals surface area (Å²) in [4.78, 5) is 12.3. The van der Waals surface area contributed by atoms with E-state index in [1.54, 1.807) is 0 Å². The van der Waals surface area contributed by atoms with Gasteiger partial charge in [0.2, 0.25) is 0 Å². The molecule has 1 saturated carbocycles. The van der Waals surface area contributed by atoms with Gasteiger partial charge in [0.05, 0.1) is 0 Å². The average Bonchev–Trinajstić information content (AvgIpc) is 2.79. The Morgan fingerprint density at radius 2 is 2.22 bits per heavy atom. The predicted octanol–water partition coefficient (Wildman–Crippen LogP) is 4.05. The number of rotatable bonds is 3. The van der Waals surface area contributed by atoms with Crippen molar-refractivity contribution in [2.45, 2.75) is 32.2 Å². The number of alkyl halides is 1. The van der Waals surface area contributed by atoms with Gasteiger partial charge in [-0.05, 0) is 43.4 Å². The first-order valence-electron chi connectivity index (χ1n) is 6.25. The van der Waals surface area contributed by atoms with Gasteiger partial charge in [-0.15, -0.1) is 0 Å². The third-order valence-electron chi connectivity index (χ3n) is 3.69. The van der Waals surface area contributed by atoms with Crippen LogP contribution in [0.4, 0.5) is 0 Å². The van der Waals surface area contributed by atoms with E-state index in [4.69, 9.17) is 0 Å². The molecule has 18 heavy (non-hydrogen) atoms. The fourth-order valence-corrected chi connectivity index (χ4v) is 3.65. The fraction of sp³-hybridized carbons (Fsp3) is 0.500. The van der Waals surface area contributed by atoms with Crippen molar-refractivity contribution >= 4 is 37.8 Å². The summed E-state index contributed by atoms with van der Waals surface area (Å²) in [5.74, 6) is 0.619. The maximum atomic E-state index is 12.3. The van der Waals surface area contributed by atoms with Crippen molar-refractivity contribution in [3.63, 3.8) is 0 Å². The molecule has 2 nitrogen and oxygen atoms in total. The topological polar surface area (TPSA) is 29.1 Å². The second-order valence-electron chi connectivity index (χ2n) is 4.84. The molecule has 0 bridgehead atoms. The summed E-state index contributed by atoms with van der Waals surface area (Å²) < 4.78 is 0.985. The third-order valence-corrected chi connectivity index (χ3v) is 5.38. The monoisotopic (exact) mass is 373 g/mol. The summed E-state index contributed by atoms with van der Waals surface area (Å²) in [6, 6.07) is 6.06. The molecule has 1 aromatic rings. The second-order valence-corrected chi connectivity index (χ2v) is 6.34. The van der Waals surface area contributed by atoms with Gasteiger partial charge in [0, 0.05) is 21.4 Å². The molecule has 2 rings (SSSR count). The molecule has 1 N–H and O–H groups in total. The van der Waals surface area contributed by atoms with E-state index in [0.717, 1.165) is 27.4 Å². The highest BCUT2D eigenvalue weighted by Gasteiger charge is 2.28. The predicted molar refractivity (Wildman–Crippen MR) is 81.3 cm³/mol. The third kappa shape index (κ3) is 2.97. The summed E-state index contributed by atoms with van der Waals surface area (Å²) in [5, 5.41) is 4.14. The lowest BCUT2D eigenvalue weighted by molar-refractivity contribution is 0.0929. The number of nitrogens with one attached hydrogen (secondary N) is 1. The van der Waals surface area contributed by atoms with Gasteiger partial charge in [-0.1, -0.05) is 44.3 Å². The minimum absolute atomic E-state index is 0.0478. The van der Waals surface area contributed by atoms with E-state index < -0.39 is 0 Å². The van der Waals surface area contributed by atoms with Crippen LogP contribution in [0.2, 0.25) is 0 Å². The molecule has 2 atom stereocenters. The molecule has 1 amide bonds. The highest BCUT2D eigenvalue weighted by Crippen LogP contribution is 2.28. The first-order chi connectivity index (χ1) is 8.63. The van der Waals surface area contributed by atoms with Crippen molar-refractivity contribution in [1.82, 2.24) is 5.32 Å². The van der Waals surface area contributed by atoms with E-state index in [1.807, 2.05) is 25.1 Å². The van der Waals surface area contributed by atoms with Crippen molar-refractivity contribution < 1.29 is 4.79 Å². The minimum Gasteiger partial charge on any atom is -0.349 e. The molecular formula is C14H17Br2NO. The van der Waals surface area contributed by atoms with E-state index in [2.05, 4.69) is 37.2 Å². The molecular weight excluding hydrogens is 358 g/mol. The number of halogens is 2. The van der Waals surface area contributed by atoms with Gasteiger partial charge >= 0.3 is 0 Å². The van der Waals surface area contributed by atoms with Crippen molar-refractivity contribution in [2.24, 2.45) is 5.92 Å². The summed E-state index contributed by atoms with van der Waals surface area (Å²) >= 11 is 7.00. The van der Waals surface area contributed by atoms with Crippen LogP contribution in [0.25, 0.3) is 0 Å². The van der Waals surface area contributed by atoms with E-state index in [1.165, 1.54) is 12.8 Å². The Kier molecular flexibility index (Phi) is 4.84. The van der Waals surface area contributed by atoms with Crippen LogP contribution < -0.4 is 5.32 Å². The summed E-state index contributed by atoms with van der Waals surface area (Å²) in [7, 11) is 0. The van der Waals surface area contributed by atoms with Gasteiger partial charge in [-0.3, -0.25) is 4.79 Å². The van der Waals surface area contributed by atoms with Crippen molar-refractivity contribution in [1.29, 1.82) is 0 Å². The number of carbonyl (C=O) groups is 1. The molecule has 98 valence electrons. The van der Waals surface area contributed by atoms with Crippen molar-refractivity contribution in [3.05, 3.63) is 33.8 Å². The number of hydrogen-bond donors (Lipinski definition) is 1. The fourth-order valence-electron chi connectivity index (χ4n) is 2.51. The van der Waals surface area contributed by atoms with Crippen LogP contribution in [0.5, 0.6) is 0 Å². The lowest BCUT2D eigenvalue weighted by atomic mass is 10.0. The Morgan fingerprint density at radius 1 is 1.44 bits per heavy atom. The maximum Gasteiger partial charge on any atom is 0.251 e. The van der Waals surface area contributed by atoms with Gasteiger partial charge < -0.3 is 5.32 Å². The zero-order valence-electron chi connectivity index (χ0n) is 10.4. The smallest absolute Gasteiger partial charge is 0.251 e. The number of benzene rings is 1. The zero-order valence-corrected chi connectivity index (χ0v) is 13.6. The van der Waals surface area contributed by atoms with Crippen LogP contribution in [0, 0.1) is 12.8 Å². The Labute approximate surface area is 125 Å². The van der Waals surface area contributed by atoms with Crippen LogP contribution in [0.1, 0.15) is 35.2 Å². The van der Waals surface area contributed by atoms with Gasteiger partial charge in [-0.25, -0.2) is 0 Å². The first kappa shape index (κ1) is 14.1. The summed E-state index contributed by atoms with van der Waals surface area (Å²) in [6.07, 6.45) is 3.50. The molecule has 0 heterocycles. The second kappa shape index (κ2) is 6.20. The van der Waals surface area contributed by atoms with E-state index >= 15 is 0 Å². The van der Waals surface area contributed by atoms with Crippen LogP contribution in [-0.2, 0) is 0 Å². The van der Waals surface area contributed by atoms with Gasteiger partial charge in [0.1, 0.15) is 0 Å². The molecule has 0 spiro atoms. The number of amides is 1. The molecule has 1 aliphatic rings. The summed E-state index contributed by atoms with van der Waals surface area (Å²) in [6.45, 7) is 1.97. The average molecular weight is 375 g/mol. The Hall–Kier alpha value is -0.350. The lowest BCUT2D eigenvalue weighted by Crippen LogP contribution is -2.38. The molecule has 0 radical (unpaired) electrons. The molecule has 4 heteroatoms. The largest absolute Gasteiger partial charge is 0.349 e. The van der Waals surface area contributed by atoms with E-state index in [0.29, 0.717) is 12.0 Å². The van der Waals surface area contributed by atoms with Gasteiger partial charge in [0.15, 0.2) is 0 Å². The first-order valence-corrected chi connectivity index (χ1v) is 8.17. The maximum absolute atomic E-state index is 12.3. The number of hydrogen-bond acceptors (Lipinski definition) is 1. The van der Waals surface area contributed by atoms with Crippen LogP contribution >= 0.6 is 31.9 Å². The molecule has 1 fully saturated rings. The van der Waals surface area contributed by atoms with E-state index in [9.17, 15) is 4.79 Å². The minimum atomic E-state index is 0.0478. The molecule has 0 aromatic heterocycles. The van der Waals surface area contributed by atoms with Crippen LogP contribution in [-0.4, -0.2) is 17.3 Å². The van der Waals surface area contributed by atoms with E-state index in [-0.39, 0.29) is 5.91 Å². The lowest BCUT2D eigenvalue weighted by Gasteiger charge is -2.19. The standard InChI is InChI=1S/C14H17Br2NO/c1-9-11(5-3-6-12(9)16)14(18)17-13-7-2-4-10(13)8-15/h3,5-6,10,13H,2,4,7-8H2,1H3,(H,17,18). The normalized spacial score (nSPS) is 23.1. The highest BCUT2D eigenvalue weighted by atomic mass is 79.9. The SMILES string of the molecule is Cc1c(Br)cccc1C(=O)NC1CCCC1CBr. The molecule has 1 aliphatic carbocycles. The molecule has 0 aliphatic heterocycles. The molecule has 0 saturated heterocycles. The summed E-state index contributed by atoms with van der Waals surface area (Å²) in [5.41, 5.74) is 1.77. The van der Waals surface area contributed by atoms with Crippen LogP contribution in [0.15, 0.2) is 22.7 Å². The van der Waals surface area contributed by atoms with Gasteiger partial charge in [0.25, 0.3) is 5.91 Å².